The molecular formula is C16H15F3N2O7S2. The van der Waals surface area contributed by atoms with Gasteiger partial charge in [0.15, 0.2) is 11.5 Å². The van der Waals surface area contributed by atoms with Crippen LogP contribution in [0.3, 0.4) is 0 Å². The minimum atomic E-state index is -6.05. The molecule has 1 aromatic rings. The molecule has 2 N–H and O–H groups in total. The molecular weight excluding hydrogens is 453 g/mol. The molecule has 2 aliphatic heterocycles. The summed E-state index contributed by atoms with van der Waals surface area (Å²) in [6.45, 7) is -0.294. The van der Waals surface area contributed by atoms with Crippen LogP contribution in [-0.4, -0.2) is 55.0 Å². The molecule has 14 heteroatoms. The van der Waals surface area contributed by atoms with E-state index in [1.54, 1.807) is 24.3 Å². The number of nitrogens with zero attached hydrogens (tertiary/aromatic N) is 1. The summed E-state index contributed by atoms with van der Waals surface area (Å²) in [6.07, 6.45) is 0. The number of fused-ring (bicyclic) bond motifs is 1. The molecule has 0 saturated carbocycles. The summed E-state index contributed by atoms with van der Waals surface area (Å²) in [5.74, 6) is -2.72. The molecule has 164 valence electrons. The average Bonchev–Trinajstić information content (AvgIpc) is 2.70. The van der Waals surface area contributed by atoms with Crippen LogP contribution in [0.5, 0.6) is 5.75 Å². The summed E-state index contributed by atoms with van der Waals surface area (Å²) in [5, 5.41) is -0.748. The number of hydrogen-bond acceptors (Lipinski definition) is 9. The maximum absolute atomic E-state index is 12.7. The summed E-state index contributed by atoms with van der Waals surface area (Å²) in [4.78, 5) is 25.4. The van der Waals surface area contributed by atoms with Crippen molar-refractivity contribution < 1.29 is 44.8 Å². The number of halogens is 3. The van der Waals surface area contributed by atoms with Crippen molar-refractivity contribution in [3.05, 3.63) is 41.3 Å². The SMILES string of the molecule is COc1ccc(COC(=O)C2=C(OS(=O)(=O)C(F)(F)F)CS[C@H]3[C@H](N)C(=O)N23)cc1. The van der Waals surface area contributed by atoms with Crippen molar-refractivity contribution in [3.63, 3.8) is 0 Å². The molecule has 0 aliphatic carbocycles. The number of carbonyl (C=O) groups is 2. The lowest BCUT2D eigenvalue weighted by Crippen LogP contribution is -2.68. The third-order valence-corrected chi connectivity index (χ3v) is 6.45. The second kappa shape index (κ2) is 8.00. The Kier molecular flexibility index (Phi) is 5.93. The minimum Gasteiger partial charge on any atom is -0.497 e. The zero-order valence-corrected chi connectivity index (χ0v) is 16.8. The molecule has 2 heterocycles. The summed E-state index contributed by atoms with van der Waals surface area (Å²) in [6, 6.07) is 5.36. The van der Waals surface area contributed by atoms with Gasteiger partial charge in [0.1, 0.15) is 23.8 Å². The number of β-lactam (4-membered cyclic amide) rings is 1. The summed E-state index contributed by atoms with van der Waals surface area (Å²) in [7, 11) is -4.59. The van der Waals surface area contributed by atoms with Crippen molar-refractivity contribution >= 4 is 33.8 Å². The summed E-state index contributed by atoms with van der Waals surface area (Å²) < 4.78 is 75.1. The number of carbonyl (C=O) groups excluding carboxylic acids is 2. The number of hydrogen-bond donors (Lipinski definition) is 1. The zero-order chi connectivity index (χ0) is 22.3. The quantitative estimate of drug-likeness (QED) is 0.282. The van der Waals surface area contributed by atoms with E-state index in [1.807, 2.05) is 0 Å². The molecule has 1 amide bonds. The Hall–Kier alpha value is -2.45. The molecule has 2 aliphatic rings. The van der Waals surface area contributed by atoms with Gasteiger partial charge in [0.25, 0.3) is 0 Å². The average molecular weight is 468 g/mol. The summed E-state index contributed by atoms with van der Waals surface area (Å²) in [5.41, 5.74) is -0.276. The van der Waals surface area contributed by atoms with Crippen LogP contribution in [0.4, 0.5) is 13.2 Å². The van der Waals surface area contributed by atoms with Crippen LogP contribution in [-0.2, 0) is 35.2 Å². The standard InChI is InChI=1S/C16H15F3N2O7S2/c1-26-9-4-2-8(3-5-9)6-27-15(23)12-10(28-30(24,25)16(17,18)19)7-29-14-11(20)13(22)21(12)14/h2-5,11,14H,6-7,20H2,1H3/t11-,14+/m1/s1. The Labute approximate surface area is 173 Å². The van der Waals surface area contributed by atoms with E-state index >= 15 is 0 Å². The minimum absolute atomic E-state index is 0.294. The lowest BCUT2D eigenvalue weighted by molar-refractivity contribution is -0.151. The van der Waals surface area contributed by atoms with Gasteiger partial charge in [0.05, 0.1) is 12.9 Å². The van der Waals surface area contributed by atoms with E-state index in [4.69, 9.17) is 15.2 Å². The molecule has 1 saturated heterocycles. The van der Waals surface area contributed by atoms with Crippen LogP contribution in [0.15, 0.2) is 35.7 Å². The molecule has 9 nitrogen and oxygen atoms in total. The number of thioether (sulfide) groups is 1. The lowest BCUT2D eigenvalue weighted by Gasteiger charge is -2.47. The Balaban J connectivity index is 1.86. The maximum Gasteiger partial charge on any atom is 0.534 e. The highest BCUT2D eigenvalue weighted by molar-refractivity contribution is 8.00. The number of amides is 1. The topological polar surface area (TPSA) is 125 Å². The van der Waals surface area contributed by atoms with Gasteiger partial charge < -0.3 is 19.4 Å². The molecule has 1 fully saturated rings. The fraction of sp³-hybridized carbons (Fsp3) is 0.375. The first kappa shape index (κ1) is 22.2. The van der Waals surface area contributed by atoms with Crippen molar-refractivity contribution in [1.29, 1.82) is 0 Å². The predicted molar refractivity (Wildman–Crippen MR) is 96.9 cm³/mol. The molecule has 0 spiro atoms. The fourth-order valence-corrected chi connectivity index (χ4v) is 4.43. The van der Waals surface area contributed by atoms with Gasteiger partial charge in [0.2, 0.25) is 5.91 Å². The summed E-state index contributed by atoms with van der Waals surface area (Å²) >= 11 is 0.868. The van der Waals surface area contributed by atoms with E-state index in [1.165, 1.54) is 7.11 Å². The highest BCUT2D eigenvalue weighted by Crippen LogP contribution is 2.41. The third-order valence-electron chi connectivity index (χ3n) is 4.19. The molecule has 0 unspecified atom stereocenters. The van der Waals surface area contributed by atoms with E-state index in [0.29, 0.717) is 11.3 Å². The van der Waals surface area contributed by atoms with E-state index < -0.39 is 56.1 Å². The van der Waals surface area contributed by atoms with Crippen LogP contribution in [0.2, 0.25) is 0 Å². The van der Waals surface area contributed by atoms with Crippen LogP contribution in [0.25, 0.3) is 0 Å². The Morgan fingerprint density at radius 3 is 2.50 bits per heavy atom. The number of alkyl halides is 3. The Morgan fingerprint density at radius 2 is 1.93 bits per heavy atom. The van der Waals surface area contributed by atoms with Crippen molar-refractivity contribution in [2.24, 2.45) is 5.73 Å². The molecule has 30 heavy (non-hydrogen) atoms. The lowest BCUT2D eigenvalue weighted by atomic mass is 10.1. The van der Waals surface area contributed by atoms with Crippen molar-refractivity contribution in [1.82, 2.24) is 4.90 Å². The molecule has 2 atom stereocenters. The zero-order valence-electron chi connectivity index (χ0n) is 15.2. The second-order valence-electron chi connectivity index (χ2n) is 6.11. The van der Waals surface area contributed by atoms with E-state index in [9.17, 15) is 31.2 Å². The van der Waals surface area contributed by atoms with E-state index in [-0.39, 0.29) is 6.61 Å². The molecule has 0 bridgehead atoms. The first-order chi connectivity index (χ1) is 14.0. The van der Waals surface area contributed by atoms with Crippen molar-refractivity contribution in [3.8, 4) is 5.75 Å². The van der Waals surface area contributed by atoms with Gasteiger partial charge in [-0.25, -0.2) is 4.79 Å². The number of ether oxygens (including phenoxy) is 2. The first-order valence-electron chi connectivity index (χ1n) is 8.20. The molecule has 1 aromatic carbocycles. The highest BCUT2D eigenvalue weighted by Gasteiger charge is 2.55. The Morgan fingerprint density at radius 1 is 1.30 bits per heavy atom. The van der Waals surface area contributed by atoms with Crippen LogP contribution in [0.1, 0.15) is 5.56 Å². The van der Waals surface area contributed by atoms with Gasteiger partial charge in [-0.15, -0.1) is 11.8 Å². The second-order valence-corrected chi connectivity index (χ2v) is 8.76. The Bertz CT molecular complexity index is 993. The van der Waals surface area contributed by atoms with Gasteiger partial charge in [0, 0.05) is 0 Å². The molecule has 0 aromatic heterocycles. The number of methoxy groups -OCH3 is 1. The van der Waals surface area contributed by atoms with Gasteiger partial charge >= 0.3 is 21.6 Å². The van der Waals surface area contributed by atoms with Gasteiger partial charge in [-0.1, -0.05) is 12.1 Å². The van der Waals surface area contributed by atoms with Crippen LogP contribution in [0, 0.1) is 0 Å². The van der Waals surface area contributed by atoms with E-state index in [2.05, 4.69) is 4.18 Å². The van der Waals surface area contributed by atoms with Gasteiger partial charge in [-0.2, -0.15) is 21.6 Å². The number of esters is 1. The smallest absolute Gasteiger partial charge is 0.497 e. The number of rotatable bonds is 6. The van der Waals surface area contributed by atoms with E-state index in [0.717, 1.165) is 16.7 Å². The highest BCUT2D eigenvalue weighted by atomic mass is 32.2. The van der Waals surface area contributed by atoms with Crippen molar-refractivity contribution in [2.45, 2.75) is 23.5 Å². The monoisotopic (exact) mass is 468 g/mol. The number of nitrogens with two attached hydrogens (primary N) is 1. The van der Waals surface area contributed by atoms with Crippen LogP contribution >= 0.6 is 11.8 Å². The molecule has 0 radical (unpaired) electrons. The maximum atomic E-state index is 12.7. The normalized spacial score (nSPS) is 21.6. The fourth-order valence-electron chi connectivity index (χ4n) is 2.66. The van der Waals surface area contributed by atoms with Crippen LogP contribution < -0.4 is 10.5 Å². The van der Waals surface area contributed by atoms with Gasteiger partial charge in [-0.3, -0.25) is 9.69 Å². The third kappa shape index (κ3) is 4.06. The van der Waals surface area contributed by atoms with Crippen molar-refractivity contribution in [2.75, 3.05) is 12.9 Å². The first-order valence-corrected chi connectivity index (χ1v) is 10.7. The number of benzene rings is 1. The van der Waals surface area contributed by atoms with Gasteiger partial charge in [-0.05, 0) is 17.7 Å². The molecule has 3 rings (SSSR count). The predicted octanol–water partition coefficient (Wildman–Crippen LogP) is 1.06. The largest absolute Gasteiger partial charge is 0.534 e.